The molecule has 0 amide bonds. The van der Waals surface area contributed by atoms with Crippen molar-refractivity contribution in [3.63, 3.8) is 0 Å². The highest BCUT2D eigenvalue weighted by atomic mass is 32.1. The summed E-state index contributed by atoms with van der Waals surface area (Å²) in [6, 6.07) is 13.5. The van der Waals surface area contributed by atoms with Crippen molar-refractivity contribution in [2.75, 3.05) is 0 Å². The third-order valence-corrected chi connectivity index (χ3v) is 4.44. The number of hydrogen-bond acceptors (Lipinski definition) is 2. The average Bonchev–Trinajstić information content (AvgIpc) is 2.95. The molecule has 1 heterocycles. The molecule has 21 heavy (non-hydrogen) atoms. The van der Waals surface area contributed by atoms with Crippen LogP contribution in [0.2, 0.25) is 0 Å². The fourth-order valence-electron chi connectivity index (χ4n) is 3.06. The van der Waals surface area contributed by atoms with E-state index in [1.165, 1.54) is 5.56 Å². The van der Waals surface area contributed by atoms with Crippen molar-refractivity contribution in [2.24, 2.45) is 5.73 Å². The standard InChI is InChI=1S/C17H18N2OS/c18-17(21)14(12-5-2-1-3-6-12)11-19-15-8-4-7-13(15)9-10-16(19)20/h1-3,5-6,9-10,14H,4,7-8,11H2,(H2,18,21). The summed E-state index contributed by atoms with van der Waals surface area (Å²) in [5.41, 5.74) is 9.46. The number of aromatic nitrogens is 1. The van der Waals surface area contributed by atoms with Gasteiger partial charge in [0.25, 0.3) is 5.56 Å². The quantitative estimate of drug-likeness (QED) is 0.882. The highest BCUT2D eigenvalue weighted by Gasteiger charge is 2.21. The van der Waals surface area contributed by atoms with E-state index in [9.17, 15) is 4.79 Å². The second-order valence-corrected chi connectivity index (χ2v) is 5.94. The van der Waals surface area contributed by atoms with E-state index in [4.69, 9.17) is 18.0 Å². The maximum atomic E-state index is 12.2. The zero-order valence-corrected chi connectivity index (χ0v) is 12.6. The van der Waals surface area contributed by atoms with E-state index in [1.807, 2.05) is 41.0 Å². The van der Waals surface area contributed by atoms with E-state index in [0.29, 0.717) is 11.5 Å². The van der Waals surface area contributed by atoms with Gasteiger partial charge < -0.3 is 10.3 Å². The Bertz CT molecular complexity index is 721. The first kappa shape index (κ1) is 14.0. The van der Waals surface area contributed by atoms with Gasteiger partial charge in [0, 0.05) is 18.3 Å². The molecular formula is C17H18N2OS. The predicted octanol–water partition coefficient (Wildman–Crippen LogP) is 2.41. The minimum Gasteiger partial charge on any atom is -0.393 e. The molecule has 2 N–H and O–H groups in total. The van der Waals surface area contributed by atoms with Crippen molar-refractivity contribution in [1.82, 2.24) is 4.57 Å². The zero-order valence-electron chi connectivity index (χ0n) is 11.8. The molecular weight excluding hydrogens is 280 g/mol. The number of hydrogen-bond donors (Lipinski definition) is 1. The number of nitrogens with zero attached hydrogens (tertiary/aromatic N) is 1. The molecule has 1 aromatic heterocycles. The van der Waals surface area contributed by atoms with Crippen molar-refractivity contribution in [2.45, 2.75) is 31.7 Å². The maximum absolute atomic E-state index is 12.2. The molecule has 1 aromatic carbocycles. The first-order valence-electron chi connectivity index (χ1n) is 7.22. The maximum Gasteiger partial charge on any atom is 0.250 e. The topological polar surface area (TPSA) is 48.0 Å². The van der Waals surface area contributed by atoms with Gasteiger partial charge in [0.05, 0.1) is 10.9 Å². The minimum absolute atomic E-state index is 0.0350. The van der Waals surface area contributed by atoms with Crippen LogP contribution in [0.15, 0.2) is 47.3 Å². The molecule has 3 rings (SSSR count). The fourth-order valence-corrected chi connectivity index (χ4v) is 3.27. The zero-order chi connectivity index (χ0) is 14.8. The lowest BCUT2D eigenvalue weighted by atomic mass is 9.98. The van der Waals surface area contributed by atoms with E-state index in [1.54, 1.807) is 6.07 Å². The molecule has 0 aliphatic heterocycles. The summed E-state index contributed by atoms with van der Waals surface area (Å²) < 4.78 is 1.86. The highest BCUT2D eigenvalue weighted by Crippen LogP contribution is 2.23. The monoisotopic (exact) mass is 298 g/mol. The summed E-state index contributed by atoms with van der Waals surface area (Å²) >= 11 is 5.23. The first-order valence-corrected chi connectivity index (χ1v) is 7.63. The Morgan fingerprint density at radius 1 is 1.19 bits per heavy atom. The Morgan fingerprint density at radius 3 is 2.67 bits per heavy atom. The number of rotatable bonds is 4. The van der Waals surface area contributed by atoms with E-state index in [-0.39, 0.29) is 11.5 Å². The molecule has 1 aliphatic carbocycles. The normalized spacial score (nSPS) is 14.7. The predicted molar refractivity (Wildman–Crippen MR) is 88.7 cm³/mol. The number of thiocarbonyl (C=S) groups is 1. The molecule has 0 saturated carbocycles. The molecule has 0 fully saturated rings. The summed E-state index contributed by atoms with van der Waals surface area (Å²) in [7, 11) is 0. The first-order chi connectivity index (χ1) is 10.2. The number of pyridine rings is 1. The molecule has 0 spiro atoms. The second-order valence-electron chi connectivity index (χ2n) is 5.47. The molecule has 0 radical (unpaired) electrons. The van der Waals surface area contributed by atoms with Crippen LogP contribution < -0.4 is 11.3 Å². The largest absolute Gasteiger partial charge is 0.393 e. The third-order valence-electron chi connectivity index (χ3n) is 4.16. The number of nitrogens with two attached hydrogens (primary N) is 1. The van der Waals surface area contributed by atoms with Crippen LogP contribution in [0.25, 0.3) is 0 Å². The Kier molecular flexibility index (Phi) is 3.88. The van der Waals surface area contributed by atoms with Crippen LogP contribution in [-0.2, 0) is 19.4 Å². The lowest BCUT2D eigenvalue weighted by Gasteiger charge is -2.20. The molecule has 1 atom stereocenters. The lowest BCUT2D eigenvalue weighted by molar-refractivity contribution is 0.610. The van der Waals surface area contributed by atoms with Gasteiger partial charge >= 0.3 is 0 Å². The van der Waals surface area contributed by atoms with Crippen LogP contribution in [-0.4, -0.2) is 9.56 Å². The summed E-state index contributed by atoms with van der Waals surface area (Å²) in [5.74, 6) is -0.106. The molecule has 0 bridgehead atoms. The Hall–Kier alpha value is -1.94. The van der Waals surface area contributed by atoms with Gasteiger partial charge in [-0.2, -0.15) is 0 Å². The third kappa shape index (κ3) is 2.76. The van der Waals surface area contributed by atoms with Gasteiger partial charge in [-0.25, -0.2) is 0 Å². The Morgan fingerprint density at radius 2 is 1.95 bits per heavy atom. The smallest absolute Gasteiger partial charge is 0.250 e. The number of benzene rings is 1. The number of fused-ring (bicyclic) bond motifs is 1. The average molecular weight is 298 g/mol. The van der Waals surface area contributed by atoms with Crippen LogP contribution in [0, 0.1) is 0 Å². The van der Waals surface area contributed by atoms with E-state index >= 15 is 0 Å². The van der Waals surface area contributed by atoms with Gasteiger partial charge in [0.2, 0.25) is 0 Å². The summed E-state index contributed by atoms with van der Waals surface area (Å²) in [5, 5.41) is 0. The van der Waals surface area contributed by atoms with E-state index in [2.05, 4.69) is 0 Å². The van der Waals surface area contributed by atoms with Crippen molar-refractivity contribution >= 4 is 17.2 Å². The summed E-state index contributed by atoms with van der Waals surface area (Å²) in [4.78, 5) is 12.7. The van der Waals surface area contributed by atoms with Gasteiger partial charge in [-0.15, -0.1) is 0 Å². The highest BCUT2D eigenvalue weighted by molar-refractivity contribution is 7.80. The molecule has 108 valence electrons. The molecule has 1 aliphatic rings. The van der Waals surface area contributed by atoms with Gasteiger partial charge in [0.15, 0.2) is 0 Å². The summed E-state index contributed by atoms with van der Waals surface area (Å²) in [6.45, 7) is 0.529. The van der Waals surface area contributed by atoms with Crippen LogP contribution in [0.1, 0.15) is 29.2 Å². The second kappa shape index (κ2) is 5.82. The number of aryl methyl sites for hydroxylation is 1. The molecule has 3 nitrogen and oxygen atoms in total. The molecule has 4 heteroatoms. The SMILES string of the molecule is NC(=S)C(Cn1c2c(ccc1=O)CCC2)c1ccccc1. The van der Waals surface area contributed by atoms with Crippen LogP contribution in [0.3, 0.4) is 0 Å². The van der Waals surface area contributed by atoms with Crippen LogP contribution in [0.4, 0.5) is 0 Å². The van der Waals surface area contributed by atoms with Crippen molar-refractivity contribution in [1.29, 1.82) is 0 Å². The molecule has 2 aromatic rings. The Balaban J connectivity index is 2.00. The molecule has 0 saturated heterocycles. The van der Waals surface area contributed by atoms with Crippen molar-refractivity contribution in [3.05, 3.63) is 69.6 Å². The van der Waals surface area contributed by atoms with Crippen LogP contribution in [0.5, 0.6) is 0 Å². The summed E-state index contributed by atoms with van der Waals surface area (Å²) in [6.07, 6.45) is 3.13. The van der Waals surface area contributed by atoms with Gasteiger partial charge in [-0.1, -0.05) is 48.6 Å². The van der Waals surface area contributed by atoms with E-state index < -0.39 is 0 Å². The van der Waals surface area contributed by atoms with Crippen molar-refractivity contribution < 1.29 is 0 Å². The van der Waals surface area contributed by atoms with Crippen molar-refractivity contribution in [3.8, 4) is 0 Å². The minimum atomic E-state index is -0.106. The fraction of sp³-hybridized carbons (Fsp3) is 0.294. The van der Waals surface area contributed by atoms with Gasteiger partial charge in [-0.05, 0) is 30.4 Å². The van der Waals surface area contributed by atoms with Crippen LogP contribution >= 0.6 is 12.2 Å². The van der Waals surface area contributed by atoms with Gasteiger partial charge in [-0.3, -0.25) is 4.79 Å². The van der Waals surface area contributed by atoms with Gasteiger partial charge in [0.1, 0.15) is 0 Å². The Labute approximate surface area is 129 Å². The molecule has 1 unspecified atom stereocenters. The van der Waals surface area contributed by atoms with E-state index in [0.717, 1.165) is 30.5 Å². The lowest BCUT2D eigenvalue weighted by Crippen LogP contribution is -2.30.